The van der Waals surface area contributed by atoms with Crippen molar-refractivity contribution in [2.24, 2.45) is 0 Å². The van der Waals surface area contributed by atoms with Gasteiger partial charge in [0.15, 0.2) is 0 Å². The lowest BCUT2D eigenvalue weighted by atomic mass is 10.1. The van der Waals surface area contributed by atoms with Crippen LogP contribution in [0.5, 0.6) is 0 Å². The number of likely N-dealkylation sites (tertiary alicyclic amines) is 1. The van der Waals surface area contributed by atoms with E-state index in [1.807, 2.05) is 0 Å². The van der Waals surface area contributed by atoms with Crippen molar-refractivity contribution >= 4 is 27.2 Å². The maximum Gasteiger partial charge on any atom is 0.0907 e. The zero-order chi connectivity index (χ0) is 13.1. The molecule has 0 bridgehead atoms. The van der Waals surface area contributed by atoms with E-state index in [1.165, 1.54) is 42.7 Å². The van der Waals surface area contributed by atoms with Crippen molar-refractivity contribution in [3.63, 3.8) is 0 Å². The van der Waals surface area contributed by atoms with Gasteiger partial charge in [-0.15, -0.1) is 11.3 Å². The summed E-state index contributed by atoms with van der Waals surface area (Å²) in [6.07, 6.45) is 4.14. The van der Waals surface area contributed by atoms with Gasteiger partial charge in [-0.25, -0.2) is 4.98 Å². The summed E-state index contributed by atoms with van der Waals surface area (Å²) in [5.41, 5.74) is 2.31. The Morgan fingerprint density at radius 2 is 2.11 bits per heavy atom. The Bertz CT molecular complexity index is 543. The first-order valence-electron chi connectivity index (χ1n) is 7.15. The fourth-order valence-electron chi connectivity index (χ4n) is 2.69. The van der Waals surface area contributed by atoms with E-state index >= 15 is 0 Å². The van der Waals surface area contributed by atoms with Crippen LogP contribution in [0.4, 0.5) is 5.69 Å². The highest BCUT2D eigenvalue weighted by Gasteiger charge is 2.09. The van der Waals surface area contributed by atoms with Crippen LogP contribution in [0.2, 0.25) is 0 Å². The smallest absolute Gasteiger partial charge is 0.0907 e. The first-order chi connectivity index (χ1) is 9.31. The number of anilines is 1. The summed E-state index contributed by atoms with van der Waals surface area (Å²) in [5, 5.41) is 4.66. The Balaban J connectivity index is 1.55. The average molecular weight is 275 g/mol. The van der Waals surface area contributed by atoms with E-state index in [0.29, 0.717) is 0 Å². The molecule has 2 aromatic rings. The molecule has 0 atom stereocenters. The number of aryl methyl sites for hydroxylation is 1. The number of benzene rings is 1. The lowest BCUT2D eigenvalue weighted by Crippen LogP contribution is -2.33. The van der Waals surface area contributed by atoms with Crippen molar-refractivity contribution in [2.45, 2.75) is 26.2 Å². The molecule has 1 saturated heterocycles. The van der Waals surface area contributed by atoms with Crippen molar-refractivity contribution in [2.75, 3.05) is 31.5 Å². The number of hydrogen-bond donors (Lipinski definition) is 1. The molecule has 1 fully saturated rings. The van der Waals surface area contributed by atoms with Crippen LogP contribution >= 0.6 is 11.3 Å². The number of rotatable bonds is 4. The molecule has 0 amide bonds. The molecule has 1 N–H and O–H groups in total. The van der Waals surface area contributed by atoms with Crippen LogP contribution < -0.4 is 5.32 Å². The lowest BCUT2D eigenvalue weighted by molar-refractivity contribution is 0.237. The molecule has 0 unspecified atom stereocenters. The molecule has 102 valence electrons. The monoisotopic (exact) mass is 275 g/mol. The molecule has 1 aliphatic heterocycles. The largest absolute Gasteiger partial charge is 0.384 e. The second-order valence-corrected chi connectivity index (χ2v) is 6.48. The van der Waals surface area contributed by atoms with Crippen molar-refractivity contribution < 1.29 is 0 Å². The molecular formula is C15H21N3S. The van der Waals surface area contributed by atoms with E-state index in [1.54, 1.807) is 11.3 Å². The third-order valence-corrected chi connectivity index (χ3v) is 4.65. The summed E-state index contributed by atoms with van der Waals surface area (Å²) >= 11 is 1.76. The molecule has 0 aliphatic carbocycles. The highest BCUT2D eigenvalue weighted by atomic mass is 32.1. The number of nitrogens with zero attached hydrogens (tertiary/aromatic N) is 2. The van der Waals surface area contributed by atoms with Crippen molar-refractivity contribution in [1.82, 2.24) is 9.88 Å². The normalized spacial score (nSPS) is 16.9. The van der Waals surface area contributed by atoms with Crippen LogP contribution in [-0.2, 0) is 0 Å². The standard InChI is InChI=1S/C15H21N3S/c1-12-17-14-11-13(5-6-15(14)19-12)16-7-10-18-8-3-2-4-9-18/h5-6,11,16H,2-4,7-10H2,1H3. The Labute approximate surface area is 118 Å². The maximum atomic E-state index is 4.54. The Hall–Kier alpha value is -1.13. The van der Waals surface area contributed by atoms with Crippen molar-refractivity contribution in [3.05, 3.63) is 23.2 Å². The molecule has 19 heavy (non-hydrogen) atoms. The van der Waals surface area contributed by atoms with Crippen LogP contribution in [0, 0.1) is 6.92 Å². The molecule has 0 radical (unpaired) electrons. The fourth-order valence-corrected chi connectivity index (χ4v) is 3.50. The average Bonchev–Trinajstić information content (AvgIpc) is 2.79. The highest BCUT2D eigenvalue weighted by Crippen LogP contribution is 2.24. The van der Waals surface area contributed by atoms with Gasteiger partial charge in [0.1, 0.15) is 0 Å². The van der Waals surface area contributed by atoms with Crippen LogP contribution in [0.15, 0.2) is 18.2 Å². The SMILES string of the molecule is Cc1nc2cc(NCCN3CCCCC3)ccc2s1. The molecule has 2 heterocycles. The minimum absolute atomic E-state index is 1.02. The molecule has 0 spiro atoms. The highest BCUT2D eigenvalue weighted by molar-refractivity contribution is 7.18. The number of piperidine rings is 1. The second kappa shape index (κ2) is 5.88. The van der Waals surface area contributed by atoms with E-state index in [9.17, 15) is 0 Å². The molecule has 0 saturated carbocycles. The van der Waals surface area contributed by atoms with Gasteiger partial charge >= 0.3 is 0 Å². The number of hydrogen-bond acceptors (Lipinski definition) is 4. The van der Waals surface area contributed by atoms with Gasteiger partial charge in [0.05, 0.1) is 15.2 Å². The fraction of sp³-hybridized carbons (Fsp3) is 0.533. The summed E-state index contributed by atoms with van der Waals surface area (Å²) < 4.78 is 1.28. The van der Waals surface area contributed by atoms with Gasteiger partial charge in [-0.2, -0.15) is 0 Å². The topological polar surface area (TPSA) is 28.2 Å². The van der Waals surface area contributed by atoms with Crippen LogP contribution in [0.1, 0.15) is 24.3 Å². The zero-order valence-electron chi connectivity index (χ0n) is 11.5. The second-order valence-electron chi connectivity index (χ2n) is 5.24. The summed E-state index contributed by atoms with van der Waals surface area (Å²) in [5.74, 6) is 0. The maximum absolute atomic E-state index is 4.54. The third kappa shape index (κ3) is 3.25. The van der Waals surface area contributed by atoms with E-state index in [4.69, 9.17) is 0 Å². The van der Waals surface area contributed by atoms with Gasteiger partial charge < -0.3 is 10.2 Å². The van der Waals surface area contributed by atoms with Crippen molar-refractivity contribution in [1.29, 1.82) is 0 Å². The van der Waals surface area contributed by atoms with Gasteiger partial charge in [-0.3, -0.25) is 0 Å². The first-order valence-corrected chi connectivity index (χ1v) is 7.96. The quantitative estimate of drug-likeness (QED) is 0.925. The van der Waals surface area contributed by atoms with Crippen LogP contribution in [0.25, 0.3) is 10.2 Å². The summed E-state index contributed by atoms with van der Waals surface area (Å²) in [6.45, 7) is 6.77. The predicted molar refractivity (Wildman–Crippen MR) is 83.1 cm³/mol. The van der Waals surface area contributed by atoms with Gasteiger partial charge in [0.2, 0.25) is 0 Å². The van der Waals surface area contributed by atoms with Crippen molar-refractivity contribution in [3.8, 4) is 0 Å². The summed E-state index contributed by atoms with van der Waals surface area (Å²) in [6, 6.07) is 6.49. The number of nitrogens with one attached hydrogen (secondary N) is 1. The Kier molecular flexibility index (Phi) is 3.99. The molecule has 4 heteroatoms. The minimum atomic E-state index is 1.02. The molecule has 3 rings (SSSR count). The van der Waals surface area contributed by atoms with Crippen LogP contribution in [0.3, 0.4) is 0 Å². The van der Waals surface area contributed by atoms with Gasteiger partial charge in [0.25, 0.3) is 0 Å². The van der Waals surface area contributed by atoms with Gasteiger partial charge in [0, 0.05) is 18.8 Å². The number of aromatic nitrogens is 1. The predicted octanol–water partition coefficient (Wildman–Crippen LogP) is 3.50. The van der Waals surface area contributed by atoms with Gasteiger partial charge in [-0.05, 0) is 51.1 Å². The third-order valence-electron chi connectivity index (χ3n) is 3.70. The van der Waals surface area contributed by atoms with E-state index in [-0.39, 0.29) is 0 Å². The Morgan fingerprint density at radius 1 is 1.26 bits per heavy atom. The van der Waals surface area contributed by atoms with E-state index in [0.717, 1.165) is 23.6 Å². The Morgan fingerprint density at radius 3 is 2.95 bits per heavy atom. The molecular weight excluding hydrogens is 254 g/mol. The molecule has 1 aromatic heterocycles. The lowest BCUT2D eigenvalue weighted by Gasteiger charge is -2.26. The minimum Gasteiger partial charge on any atom is -0.384 e. The molecule has 1 aliphatic rings. The van der Waals surface area contributed by atoms with Gasteiger partial charge in [-0.1, -0.05) is 6.42 Å². The molecule has 3 nitrogen and oxygen atoms in total. The number of fused-ring (bicyclic) bond motifs is 1. The number of thiazole rings is 1. The first kappa shape index (κ1) is 12.9. The summed E-state index contributed by atoms with van der Waals surface area (Å²) in [4.78, 5) is 7.10. The molecule has 1 aromatic carbocycles. The van der Waals surface area contributed by atoms with Crippen LogP contribution in [-0.4, -0.2) is 36.1 Å². The zero-order valence-corrected chi connectivity index (χ0v) is 12.3. The summed E-state index contributed by atoms with van der Waals surface area (Å²) in [7, 11) is 0. The van der Waals surface area contributed by atoms with E-state index in [2.05, 4.69) is 40.3 Å². The van der Waals surface area contributed by atoms with E-state index < -0.39 is 0 Å².